The summed E-state index contributed by atoms with van der Waals surface area (Å²) in [6.45, 7) is 1.83. The van der Waals surface area contributed by atoms with E-state index in [-0.39, 0.29) is 46.8 Å². The number of nitrogens with zero attached hydrogens (tertiary/aromatic N) is 1. The molecule has 2 bridgehead atoms. The van der Waals surface area contributed by atoms with Crippen molar-refractivity contribution in [3.05, 3.63) is 82.2 Å². The second kappa shape index (κ2) is 7.01. The van der Waals surface area contributed by atoms with Gasteiger partial charge in [0.15, 0.2) is 0 Å². The molecule has 8 rings (SSSR count). The van der Waals surface area contributed by atoms with Gasteiger partial charge in [-0.15, -0.1) is 0 Å². The lowest BCUT2D eigenvalue weighted by Gasteiger charge is -2.37. The van der Waals surface area contributed by atoms with E-state index in [2.05, 4.69) is 12.2 Å². The molecule has 1 aromatic heterocycles. The number of hydrogen-bond donors (Lipinski definition) is 0. The Hall–Kier alpha value is -4.00. The number of fused-ring (bicyclic) bond motifs is 1. The SMILES string of the molecule is Cc1cc(OC(=O)c2cccc(N3C(=O)[C@H]4[C@@H]5C=C[C@@H]([C@H]6C[C@H]56)[C@@H]4C3=O)c2)cc2oc(=O)ccc12. The van der Waals surface area contributed by atoms with Crippen LogP contribution >= 0.6 is 0 Å². The summed E-state index contributed by atoms with van der Waals surface area (Å²) in [4.78, 5) is 52.6. The molecule has 0 N–H and O–H groups in total. The molecule has 2 aromatic carbocycles. The minimum atomic E-state index is -0.636. The number of amides is 2. The van der Waals surface area contributed by atoms with Crippen LogP contribution < -0.4 is 15.3 Å². The van der Waals surface area contributed by atoms with E-state index >= 15 is 0 Å². The van der Waals surface area contributed by atoms with E-state index in [1.807, 2.05) is 6.92 Å². The van der Waals surface area contributed by atoms with E-state index in [1.165, 1.54) is 23.1 Å². The molecule has 5 aliphatic rings. The zero-order valence-corrected chi connectivity index (χ0v) is 18.8. The molecule has 2 amide bonds. The van der Waals surface area contributed by atoms with Gasteiger partial charge in [0.2, 0.25) is 11.8 Å². The van der Waals surface area contributed by atoms with Crippen LogP contribution in [0.1, 0.15) is 22.3 Å². The molecular formula is C28H21NO6. The predicted octanol–water partition coefficient (Wildman–Crippen LogP) is 3.88. The number of allylic oxidation sites excluding steroid dienone is 2. The molecular weight excluding hydrogens is 446 g/mol. The summed E-state index contributed by atoms with van der Waals surface area (Å²) in [6.07, 6.45) is 5.38. The van der Waals surface area contributed by atoms with Gasteiger partial charge in [-0.25, -0.2) is 14.5 Å². The molecule has 6 atom stereocenters. The first kappa shape index (κ1) is 20.4. The highest BCUT2D eigenvalue weighted by molar-refractivity contribution is 6.23. The van der Waals surface area contributed by atoms with Crippen LogP contribution in [0.4, 0.5) is 5.69 Å². The maximum Gasteiger partial charge on any atom is 0.343 e. The summed E-state index contributed by atoms with van der Waals surface area (Å²) in [6, 6.07) is 12.6. The molecule has 7 heteroatoms. The van der Waals surface area contributed by atoms with Gasteiger partial charge in [0, 0.05) is 17.5 Å². The van der Waals surface area contributed by atoms with Crippen LogP contribution in [-0.4, -0.2) is 17.8 Å². The molecule has 1 aliphatic heterocycles. The van der Waals surface area contributed by atoms with Gasteiger partial charge in [-0.3, -0.25) is 9.59 Å². The highest BCUT2D eigenvalue weighted by Crippen LogP contribution is 2.65. The molecule has 2 saturated carbocycles. The Kier molecular flexibility index (Phi) is 4.08. The third-order valence-corrected chi connectivity index (χ3v) is 8.13. The topological polar surface area (TPSA) is 93.9 Å². The van der Waals surface area contributed by atoms with E-state index in [1.54, 1.807) is 30.3 Å². The van der Waals surface area contributed by atoms with Gasteiger partial charge in [0.05, 0.1) is 23.1 Å². The zero-order valence-electron chi connectivity index (χ0n) is 18.8. The van der Waals surface area contributed by atoms with Crippen molar-refractivity contribution in [2.45, 2.75) is 13.3 Å². The average Bonchev–Trinajstić information content (AvgIpc) is 3.62. The molecule has 1 saturated heterocycles. The van der Waals surface area contributed by atoms with Crippen LogP contribution in [-0.2, 0) is 9.59 Å². The smallest absolute Gasteiger partial charge is 0.343 e. The molecule has 3 fully saturated rings. The van der Waals surface area contributed by atoms with Gasteiger partial charge >= 0.3 is 11.6 Å². The standard InChI is InChI=1S/C28H21NO6/c1-13-9-16(11-22-17(13)7-8-23(30)35-22)34-28(33)14-3-2-4-15(10-14)29-26(31)24-18-5-6-19(21-12-20(18)21)25(24)27(29)32/h2-11,18-21,24-25H,12H2,1H3/t18-,19+,20-,21-,24+,25+/m1/s1. The van der Waals surface area contributed by atoms with Crippen molar-refractivity contribution in [2.24, 2.45) is 35.5 Å². The van der Waals surface area contributed by atoms with E-state index in [0.717, 1.165) is 17.4 Å². The van der Waals surface area contributed by atoms with Crippen molar-refractivity contribution in [3.63, 3.8) is 0 Å². The van der Waals surface area contributed by atoms with Crippen molar-refractivity contribution in [3.8, 4) is 5.75 Å². The van der Waals surface area contributed by atoms with Gasteiger partial charge in [-0.1, -0.05) is 18.2 Å². The first-order valence-electron chi connectivity index (χ1n) is 11.8. The minimum Gasteiger partial charge on any atom is -0.423 e. The molecule has 7 nitrogen and oxygen atoms in total. The molecule has 0 unspecified atom stereocenters. The zero-order chi connectivity index (χ0) is 24.0. The maximum absolute atomic E-state index is 13.4. The largest absolute Gasteiger partial charge is 0.423 e. The minimum absolute atomic E-state index is 0.140. The summed E-state index contributed by atoms with van der Waals surface area (Å²) in [5, 5.41) is 0.750. The molecule has 35 heavy (non-hydrogen) atoms. The summed E-state index contributed by atoms with van der Waals surface area (Å²) in [5.74, 6) is -0.00546. The summed E-state index contributed by atoms with van der Waals surface area (Å²) >= 11 is 0. The van der Waals surface area contributed by atoms with Crippen LogP contribution in [0.3, 0.4) is 0 Å². The number of hydrogen-bond acceptors (Lipinski definition) is 6. The molecule has 174 valence electrons. The van der Waals surface area contributed by atoms with Gasteiger partial charge in [0.1, 0.15) is 11.3 Å². The Labute approximate surface area is 200 Å². The maximum atomic E-state index is 13.4. The number of imide groups is 1. The van der Waals surface area contributed by atoms with Gasteiger partial charge in [0.25, 0.3) is 0 Å². The Morgan fingerprint density at radius 2 is 1.66 bits per heavy atom. The highest BCUT2D eigenvalue weighted by atomic mass is 16.5. The van der Waals surface area contributed by atoms with E-state index in [4.69, 9.17) is 9.15 Å². The second-order valence-corrected chi connectivity index (χ2v) is 10.0. The lowest BCUT2D eigenvalue weighted by molar-refractivity contribution is -0.124. The van der Waals surface area contributed by atoms with E-state index in [0.29, 0.717) is 23.1 Å². The van der Waals surface area contributed by atoms with Gasteiger partial charge in [-0.2, -0.15) is 0 Å². The average molecular weight is 467 g/mol. The monoisotopic (exact) mass is 467 g/mol. The number of carbonyl (C=O) groups is 3. The van der Waals surface area contributed by atoms with Crippen LogP contribution in [0.5, 0.6) is 5.75 Å². The Morgan fingerprint density at radius 1 is 0.943 bits per heavy atom. The Bertz CT molecular complexity index is 1510. The fraction of sp³-hybridized carbons (Fsp3) is 0.286. The number of benzene rings is 2. The van der Waals surface area contributed by atoms with Gasteiger partial charge in [-0.05, 0) is 72.9 Å². The van der Waals surface area contributed by atoms with E-state index in [9.17, 15) is 19.2 Å². The summed E-state index contributed by atoms with van der Waals surface area (Å²) in [7, 11) is 0. The van der Waals surface area contributed by atoms with Crippen LogP contribution in [0.2, 0.25) is 0 Å². The quantitative estimate of drug-likeness (QED) is 0.191. The van der Waals surface area contributed by atoms with Crippen molar-refractivity contribution in [1.29, 1.82) is 0 Å². The number of rotatable bonds is 3. The van der Waals surface area contributed by atoms with Crippen LogP contribution in [0.15, 0.2) is 69.9 Å². The second-order valence-electron chi connectivity index (χ2n) is 10.0. The fourth-order valence-corrected chi connectivity index (χ4v) is 6.53. The number of anilines is 1. The Morgan fingerprint density at radius 3 is 2.37 bits per heavy atom. The van der Waals surface area contributed by atoms with Gasteiger partial charge < -0.3 is 9.15 Å². The molecule has 4 aliphatic carbocycles. The molecule has 3 aromatic rings. The van der Waals surface area contributed by atoms with Crippen LogP contribution in [0.25, 0.3) is 11.0 Å². The Balaban J connectivity index is 1.17. The highest BCUT2D eigenvalue weighted by Gasteiger charge is 2.67. The lowest BCUT2D eigenvalue weighted by Crippen LogP contribution is -2.40. The third kappa shape index (κ3) is 2.90. The molecule has 0 spiro atoms. The number of aryl methyl sites for hydroxylation is 1. The van der Waals surface area contributed by atoms with Crippen molar-refractivity contribution >= 4 is 34.4 Å². The number of esters is 1. The third-order valence-electron chi connectivity index (χ3n) is 8.13. The predicted molar refractivity (Wildman–Crippen MR) is 126 cm³/mol. The summed E-state index contributed by atoms with van der Waals surface area (Å²) < 4.78 is 10.8. The van der Waals surface area contributed by atoms with Crippen molar-refractivity contribution in [2.75, 3.05) is 4.90 Å². The van der Waals surface area contributed by atoms with Crippen LogP contribution in [0, 0.1) is 42.4 Å². The first-order chi connectivity index (χ1) is 16.9. The first-order valence-corrected chi connectivity index (χ1v) is 11.8. The summed E-state index contributed by atoms with van der Waals surface area (Å²) in [5.41, 5.74) is 1.23. The van der Waals surface area contributed by atoms with Crippen molar-refractivity contribution in [1.82, 2.24) is 0 Å². The molecule has 2 heterocycles. The molecule has 0 radical (unpaired) electrons. The van der Waals surface area contributed by atoms with Crippen molar-refractivity contribution < 1.29 is 23.5 Å². The normalized spacial score (nSPS) is 29.9. The lowest BCUT2D eigenvalue weighted by atomic mass is 9.63. The van der Waals surface area contributed by atoms with E-state index < -0.39 is 11.6 Å². The fourth-order valence-electron chi connectivity index (χ4n) is 6.53. The number of carbonyl (C=O) groups excluding carboxylic acids is 3. The number of ether oxygens (including phenoxy) is 1.